The number of methoxy groups -OCH3 is 1. The predicted molar refractivity (Wildman–Crippen MR) is 91.8 cm³/mol. The van der Waals surface area contributed by atoms with Gasteiger partial charge in [-0.05, 0) is 48.2 Å². The van der Waals surface area contributed by atoms with E-state index >= 15 is 0 Å². The van der Waals surface area contributed by atoms with Gasteiger partial charge in [0.1, 0.15) is 5.75 Å². The van der Waals surface area contributed by atoms with Gasteiger partial charge in [-0.2, -0.15) is 0 Å². The van der Waals surface area contributed by atoms with Gasteiger partial charge in [-0.25, -0.2) is 0 Å². The minimum atomic E-state index is 0.165. The molecule has 2 aromatic rings. The highest BCUT2D eigenvalue weighted by Gasteiger charge is 2.29. The van der Waals surface area contributed by atoms with Crippen molar-refractivity contribution in [2.24, 2.45) is 0 Å². The van der Waals surface area contributed by atoms with Crippen molar-refractivity contribution in [3.05, 3.63) is 64.7 Å². The molecule has 2 aromatic carbocycles. The molecule has 0 bridgehead atoms. The number of hydrogen-bond acceptors (Lipinski definition) is 2. The van der Waals surface area contributed by atoms with Gasteiger partial charge < -0.3 is 9.64 Å². The summed E-state index contributed by atoms with van der Waals surface area (Å²) >= 11 is 5.96. The van der Waals surface area contributed by atoms with E-state index in [0.717, 1.165) is 41.3 Å². The Morgan fingerprint density at radius 1 is 1.17 bits per heavy atom. The molecule has 3 nitrogen and oxygen atoms in total. The van der Waals surface area contributed by atoms with E-state index in [1.165, 1.54) is 0 Å². The summed E-state index contributed by atoms with van der Waals surface area (Å²) in [5, 5.41) is 0.725. The fourth-order valence-corrected chi connectivity index (χ4v) is 3.24. The molecule has 3 rings (SSSR count). The maximum Gasteiger partial charge on any atom is 0.227 e. The monoisotopic (exact) mass is 329 g/mol. The van der Waals surface area contributed by atoms with Crippen LogP contribution < -0.4 is 4.74 Å². The molecule has 1 aliphatic heterocycles. The first-order chi connectivity index (χ1) is 11.2. The van der Waals surface area contributed by atoms with Gasteiger partial charge in [-0.1, -0.05) is 35.9 Å². The van der Waals surface area contributed by atoms with E-state index < -0.39 is 0 Å². The van der Waals surface area contributed by atoms with E-state index in [0.29, 0.717) is 6.42 Å². The second kappa shape index (κ2) is 7.05. The molecule has 1 atom stereocenters. The highest BCUT2D eigenvalue weighted by atomic mass is 35.5. The zero-order valence-electron chi connectivity index (χ0n) is 13.2. The zero-order chi connectivity index (χ0) is 16.2. The van der Waals surface area contributed by atoms with Crippen LogP contribution in [-0.2, 0) is 11.2 Å². The number of hydrogen-bond donors (Lipinski definition) is 0. The van der Waals surface area contributed by atoms with Crippen molar-refractivity contribution >= 4 is 17.5 Å². The molecule has 0 aromatic heterocycles. The van der Waals surface area contributed by atoms with Gasteiger partial charge in [-0.3, -0.25) is 4.79 Å². The molecule has 0 radical (unpaired) electrons. The number of rotatable bonds is 4. The summed E-state index contributed by atoms with van der Waals surface area (Å²) in [5.41, 5.74) is 2.17. The van der Waals surface area contributed by atoms with Crippen molar-refractivity contribution in [3.63, 3.8) is 0 Å². The lowest BCUT2D eigenvalue weighted by molar-refractivity contribution is -0.131. The van der Waals surface area contributed by atoms with E-state index in [-0.39, 0.29) is 11.9 Å². The molecule has 1 heterocycles. The quantitative estimate of drug-likeness (QED) is 0.839. The number of halogens is 1. The molecule has 1 fully saturated rings. The lowest BCUT2D eigenvalue weighted by Gasteiger charge is -2.25. The smallest absolute Gasteiger partial charge is 0.227 e. The van der Waals surface area contributed by atoms with E-state index in [1.54, 1.807) is 7.11 Å². The van der Waals surface area contributed by atoms with Gasteiger partial charge in [0.2, 0.25) is 5.91 Å². The number of ether oxygens (including phenoxy) is 1. The van der Waals surface area contributed by atoms with Gasteiger partial charge >= 0.3 is 0 Å². The second-order valence-electron chi connectivity index (χ2n) is 5.82. The Labute approximate surface area is 141 Å². The average Bonchev–Trinajstić information content (AvgIpc) is 3.06. The predicted octanol–water partition coefficient (Wildman–Crippen LogP) is 4.25. The molecule has 0 aliphatic carbocycles. The van der Waals surface area contributed by atoms with E-state index in [4.69, 9.17) is 16.3 Å². The SMILES string of the molecule is COc1ccc(CC(=O)N2CCCC2c2ccc(Cl)cc2)cc1. The van der Waals surface area contributed by atoms with Crippen LogP contribution in [0.2, 0.25) is 5.02 Å². The molecule has 1 amide bonds. The highest BCUT2D eigenvalue weighted by molar-refractivity contribution is 6.30. The fraction of sp³-hybridized carbons (Fsp3) is 0.316. The Morgan fingerprint density at radius 3 is 2.52 bits per heavy atom. The lowest BCUT2D eigenvalue weighted by Crippen LogP contribution is -2.31. The average molecular weight is 330 g/mol. The Kier molecular flexibility index (Phi) is 4.87. The molecule has 0 spiro atoms. The number of likely N-dealkylation sites (tertiary alicyclic amines) is 1. The van der Waals surface area contributed by atoms with Crippen molar-refractivity contribution in [2.75, 3.05) is 13.7 Å². The summed E-state index contributed by atoms with van der Waals surface area (Å²) in [5.74, 6) is 0.981. The molecule has 1 unspecified atom stereocenters. The topological polar surface area (TPSA) is 29.5 Å². The van der Waals surface area contributed by atoms with Gasteiger partial charge in [0, 0.05) is 11.6 Å². The number of nitrogens with zero attached hydrogens (tertiary/aromatic N) is 1. The minimum absolute atomic E-state index is 0.165. The number of amides is 1. The van der Waals surface area contributed by atoms with Gasteiger partial charge in [0.05, 0.1) is 19.6 Å². The fourth-order valence-electron chi connectivity index (χ4n) is 3.12. The van der Waals surface area contributed by atoms with Crippen LogP contribution in [0, 0.1) is 0 Å². The normalized spacial score (nSPS) is 17.3. The Hall–Kier alpha value is -2.00. The van der Waals surface area contributed by atoms with E-state index in [9.17, 15) is 4.79 Å². The number of carbonyl (C=O) groups is 1. The molecule has 120 valence electrons. The van der Waals surface area contributed by atoms with Gasteiger partial charge in [0.25, 0.3) is 0 Å². The van der Waals surface area contributed by atoms with Crippen LogP contribution in [0.15, 0.2) is 48.5 Å². The Morgan fingerprint density at radius 2 is 1.87 bits per heavy atom. The first-order valence-corrected chi connectivity index (χ1v) is 8.23. The Balaban J connectivity index is 1.71. The third kappa shape index (κ3) is 3.67. The maximum absolute atomic E-state index is 12.7. The summed E-state index contributed by atoms with van der Waals surface area (Å²) in [6.45, 7) is 0.822. The van der Waals surface area contributed by atoms with Crippen LogP contribution in [0.3, 0.4) is 0 Å². The Bertz CT molecular complexity index is 667. The largest absolute Gasteiger partial charge is 0.497 e. The van der Waals surface area contributed by atoms with Crippen LogP contribution in [0.25, 0.3) is 0 Å². The van der Waals surface area contributed by atoms with Crippen LogP contribution in [0.4, 0.5) is 0 Å². The summed E-state index contributed by atoms with van der Waals surface area (Å²) in [4.78, 5) is 14.7. The van der Waals surface area contributed by atoms with Gasteiger partial charge in [-0.15, -0.1) is 0 Å². The van der Waals surface area contributed by atoms with Crippen LogP contribution in [0.1, 0.15) is 30.0 Å². The third-order valence-electron chi connectivity index (χ3n) is 4.34. The summed E-state index contributed by atoms with van der Waals surface area (Å²) in [7, 11) is 1.64. The summed E-state index contributed by atoms with van der Waals surface area (Å²) in [6.07, 6.45) is 2.48. The van der Waals surface area contributed by atoms with Crippen molar-refractivity contribution in [1.82, 2.24) is 4.90 Å². The lowest BCUT2D eigenvalue weighted by atomic mass is 10.0. The molecule has 0 N–H and O–H groups in total. The molecule has 0 saturated carbocycles. The second-order valence-corrected chi connectivity index (χ2v) is 6.26. The molecule has 23 heavy (non-hydrogen) atoms. The van der Waals surface area contributed by atoms with Crippen LogP contribution >= 0.6 is 11.6 Å². The first kappa shape index (κ1) is 15.9. The minimum Gasteiger partial charge on any atom is -0.497 e. The maximum atomic E-state index is 12.7. The number of carbonyl (C=O) groups excluding carboxylic acids is 1. The third-order valence-corrected chi connectivity index (χ3v) is 4.59. The summed E-state index contributed by atoms with van der Waals surface area (Å²) < 4.78 is 5.15. The van der Waals surface area contributed by atoms with Crippen molar-refractivity contribution in [3.8, 4) is 5.75 Å². The summed E-state index contributed by atoms with van der Waals surface area (Å²) in [6, 6.07) is 15.7. The highest BCUT2D eigenvalue weighted by Crippen LogP contribution is 2.33. The molecule has 4 heteroatoms. The first-order valence-electron chi connectivity index (χ1n) is 7.85. The zero-order valence-corrected chi connectivity index (χ0v) is 13.9. The molecule has 1 saturated heterocycles. The van der Waals surface area contributed by atoms with Gasteiger partial charge in [0.15, 0.2) is 0 Å². The van der Waals surface area contributed by atoms with Crippen molar-refractivity contribution in [1.29, 1.82) is 0 Å². The van der Waals surface area contributed by atoms with Crippen LogP contribution in [-0.4, -0.2) is 24.5 Å². The van der Waals surface area contributed by atoms with E-state index in [1.807, 2.05) is 53.4 Å². The van der Waals surface area contributed by atoms with Crippen molar-refractivity contribution < 1.29 is 9.53 Å². The van der Waals surface area contributed by atoms with Crippen LogP contribution in [0.5, 0.6) is 5.75 Å². The van der Waals surface area contributed by atoms with Crippen molar-refractivity contribution in [2.45, 2.75) is 25.3 Å². The standard InChI is InChI=1S/C19H20ClNO2/c1-23-17-10-4-14(5-11-17)13-19(22)21-12-2-3-18(21)15-6-8-16(20)9-7-15/h4-11,18H,2-3,12-13H2,1H3. The molecular formula is C19H20ClNO2. The van der Waals surface area contributed by atoms with E-state index in [2.05, 4.69) is 0 Å². The molecule has 1 aliphatic rings. The molecular weight excluding hydrogens is 310 g/mol. The number of benzene rings is 2.